The van der Waals surface area contributed by atoms with Gasteiger partial charge in [0.2, 0.25) is 0 Å². The number of benzene rings is 1. The number of fused-ring (bicyclic) bond motifs is 1. The topological polar surface area (TPSA) is 28.2 Å². The molecule has 0 unspecified atom stereocenters. The van der Waals surface area contributed by atoms with Crippen LogP contribution in [0.1, 0.15) is 36.9 Å². The Labute approximate surface area is 131 Å². The molecule has 0 fully saturated rings. The molecule has 0 amide bonds. The molecular formula is C17H23N3S. The summed E-state index contributed by atoms with van der Waals surface area (Å²) in [6, 6.07) is 10.7. The van der Waals surface area contributed by atoms with Crippen molar-refractivity contribution >= 4 is 16.5 Å². The molecule has 0 bridgehead atoms. The van der Waals surface area contributed by atoms with Crippen LogP contribution < -0.4 is 5.32 Å². The number of anilines is 1. The zero-order chi connectivity index (χ0) is 14.9. The highest BCUT2D eigenvalue weighted by Gasteiger charge is 2.22. The molecule has 1 aromatic carbocycles. The van der Waals surface area contributed by atoms with Gasteiger partial charge in [-0.3, -0.25) is 4.90 Å². The molecule has 0 saturated heterocycles. The first-order valence-electron chi connectivity index (χ1n) is 7.53. The van der Waals surface area contributed by atoms with Gasteiger partial charge in [0.15, 0.2) is 5.13 Å². The monoisotopic (exact) mass is 301 g/mol. The van der Waals surface area contributed by atoms with E-state index in [1.807, 2.05) is 11.3 Å². The van der Waals surface area contributed by atoms with Crippen LogP contribution in [0, 0.1) is 0 Å². The van der Waals surface area contributed by atoms with E-state index in [9.17, 15) is 0 Å². The number of rotatable bonds is 3. The Bertz CT molecular complexity index is 598. The van der Waals surface area contributed by atoms with E-state index < -0.39 is 0 Å². The lowest BCUT2D eigenvalue weighted by molar-refractivity contribution is 0.247. The third-order valence-electron chi connectivity index (χ3n) is 3.54. The molecule has 21 heavy (non-hydrogen) atoms. The van der Waals surface area contributed by atoms with Crippen molar-refractivity contribution in [3.8, 4) is 0 Å². The summed E-state index contributed by atoms with van der Waals surface area (Å²) in [5, 5.41) is 4.56. The van der Waals surface area contributed by atoms with E-state index in [1.54, 1.807) is 0 Å². The summed E-state index contributed by atoms with van der Waals surface area (Å²) in [6.45, 7) is 9.67. The van der Waals surface area contributed by atoms with Crippen molar-refractivity contribution in [2.24, 2.45) is 0 Å². The molecular weight excluding hydrogens is 278 g/mol. The van der Waals surface area contributed by atoms with Gasteiger partial charge in [-0.05, 0) is 26.3 Å². The fourth-order valence-electron chi connectivity index (χ4n) is 2.60. The molecule has 3 nitrogen and oxygen atoms in total. The fourth-order valence-corrected chi connectivity index (χ4v) is 3.86. The molecule has 2 aromatic rings. The van der Waals surface area contributed by atoms with Crippen molar-refractivity contribution in [2.75, 3.05) is 11.9 Å². The zero-order valence-corrected chi connectivity index (χ0v) is 13.8. The van der Waals surface area contributed by atoms with E-state index in [4.69, 9.17) is 4.98 Å². The lowest BCUT2D eigenvalue weighted by atomic mass is 10.1. The minimum atomic E-state index is 0.0736. The van der Waals surface area contributed by atoms with Crippen molar-refractivity contribution in [1.29, 1.82) is 0 Å². The van der Waals surface area contributed by atoms with Crippen LogP contribution in [0.5, 0.6) is 0 Å². The highest BCUT2D eigenvalue weighted by Crippen LogP contribution is 2.30. The van der Waals surface area contributed by atoms with Gasteiger partial charge in [0.1, 0.15) is 0 Å². The van der Waals surface area contributed by atoms with Crippen molar-refractivity contribution in [3.63, 3.8) is 0 Å². The summed E-state index contributed by atoms with van der Waals surface area (Å²) >= 11 is 1.81. The van der Waals surface area contributed by atoms with E-state index in [2.05, 4.69) is 61.3 Å². The first-order valence-corrected chi connectivity index (χ1v) is 8.34. The van der Waals surface area contributed by atoms with Gasteiger partial charge in [0, 0.05) is 36.5 Å². The minimum absolute atomic E-state index is 0.0736. The van der Waals surface area contributed by atoms with E-state index >= 15 is 0 Å². The maximum absolute atomic E-state index is 4.76. The van der Waals surface area contributed by atoms with Crippen molar-refractivity contribution in [3.05, 3.63) is 46.5 Å². The molecule has 1 N–H and O–H groups in total. The van der Waals surface area contributed by atoms with Crippen molar-refractivity contribution < 1.29 is 0 Å². The van der Waals surface area contributed by atoms with Crippen LogP contribution in [0.15, 0.2) is 30.3 Å². The summed E-state index contributed by atoms with van der Waals surface area (Å²) < 4.78 is 0. The first-order chi connectivity index (χ1) is 9.99. The zero-order valence-electron chi connectivity index (χ0n) is 13.0. The van der Waals surface area contributed by atoms with Crippen LogP contribution in [-0.4, -0.2) is 22.0 Å². The maximum Gasteiger partial charge on any atom is 0.183 e. The quantitative estimate of drug-likeness (QED) is 0.931. The Balaban J connectivity index is 1.68. The highest BCUT2D eigenvalue weighted by atomic mass is 32.1. The van der Waals surface area contributed by atoms with Gasteiger partial charge >= 0.3 is 0 Å². The normalized spacial score (nSPS) is 15.8. The predicted molar refractivity (Wildman–Crippen MR) is 89.7 cm³/mol. The molecule has 0 saturated carbocycles. The standard InChI is InChI=1S/C17H23N3S/c1-17(2,3)19-16-18-14-9-10-20(12-15(14)21-16)11-13-7-5-4-6-8-13/h4-8H,9-12H2,1-3H3,(H,18,19). The summed E-state index contributed by atoms with van der Waals surface area (Å²) in [5.74, 6) is 0. The predicted octanol–water partition coefficient (Wildman–Crippen LogP) is 3.91. The molecule has 4 heteroatoms. The Hall–Kier alpha value is -1.39. The fraction of sp³-hybridized carbons (Fsp3) is 0.471. The van der Waals surface area contributed by atoms with Gasteiger partial charge < -0.3 is 5.32 Å². The second kappa shape index (κ2) is 5.78. The van der Waals surface area contributed by atoms with E-state index in [-0.39, 0.29) is 5.54 Å². The molecule has 3 rings (SSSR count). The molecule has 112 valence electrons. The Kier molecular flexibility index (Phi) is 4.00. The summed E-state index contributed by atoms with van der Waals surface area (Å²) in [4.78, 5) is 8.69. The summed E-state index contributed by atoms with van der Waals surface area (Å²) in [6.07, 6.45) is 1.06. The Morgan fingerprint density at radius 1 is 1.24 bits per heavy atom. The molecule has 1 aliphatic heterocycles. The molecule has 0 radical (unpaired) electrons. The lowest BCUT2D eigenvalue weighted by Crippen LogP contribution is -2.29. The van der Waals surface area contributed by atoms with Gasteiger partial charge in [-0.1, -0.05) is 30.3 Å². The first kappa shape index (κ1) is 14.5. The van der Waals surface area contributed by atoms with Crippen LogP contribution >= 0.6 is 11.3 Å². The second-order valence-corrected chi connectivity index (χ2v) is 7.79. The maximum atomic E-state index is 4.76. The Morgan fingerprint density at radius 3 is 2.71 bits per heavy atom. The highest BCUT2D eigenvalue weighted by molar-refractivity contribution is 7.15. The van der Waals surface area contributed by atoms with E-state index in [1.165, 1.54) is 16.1 Å². The molecule has 1 aliphatic rings. The van der Waals surface area contributed by atoms with Gasteiger partial charge in [-0.2, -0.15) is 0 Å². The van der Waals surface area contributed by atoms with Crippen LogP contribution in [0.2, 0.25) is 0 Å². The third kappa shape index (κ3) is 3.83. The van der Waals surface area contributed by atoms with Gasteiger partial charge in [0.05, 0.1) is 5.69 Å². The minimum Gasteiger partial charge on any atom is -0.357 e. The number of aromatic nitrogens is 1. The average Bonchev–Trinajstić information content (AvgIpc) is 2.79. The molecule has 0 aliphatic carbocycles. The van der Waals surface area contributed by atoms with E-state index in [0.29, 0.717) is 0 Å². The number of hydrogen-bond acceptors (Lipinski definition) is 4. The van der Waals surface area contributed by atoms with Gasteiger partial charge in [-0.15, -0.1) is 11.3 Å². The summed E-state index contributed by atoms with van der Waals surface area (Å²) in [7, 11) is 0. The Morgan fingerprint density at radius 2 is 2.00 bits per heavy atom. The van der Waals surface area contributed by atoms with Crippen LogP contribution in [-0.2, 0) is 19.5 Å². The van der Waals surface area contributed by atoms with Gasteiger partial charge in [-0.25, -0.2) is 4.98 Å². The van der Waals surface area contributed by atoms with Crippen molar-refractivity contribution in [2.45, 2.75) is 45.8 Å². The SMILES string of the molecule is CC(C)(C)Nc1nc2c(s1)CN(Cc1ccccc1)CC2. The second-order valence-electron chi connectivity index (χ2n) is 6.71. The lowest BCUT2D eigenvalue weighted by Gasteiger charge is -2.25. The van der Waals surface area contributed by atoms with Crippen LogP contribution in [0.25, 0.3) is 0 Å². The van der Waals surface area contributed by atoms with E-state index in [0.717, 1.165) is 31.2 Å². The number of hydrogen-bond donors (Lipinski definition) is 1. The third-order valence-corrected chi connectivity index (χ3v) is 4.54. The van der Waals surface area contributed by atoms with Crippen molar-refractivity contribution in [1.82, 2.24) is 9.88 Å². The van der Waals surface area contributed by atoms with Crippen LogP contribution in [0.4, 0.5) is 5.13 Å². The average molecular weight is 301 g/mol. The molecule has 0 atom stereocenters. The molecule has 1 aromatic heterocycles. The number of nitrogens with zero attached hydrogens (tertiary/aromatic N) is 2. The number of nitrogens with one attached hydrogen (secondary N) is 1. The largest absolute Gasteiger partial charge is 0.357 e. The molecule has 2 heterocycles. The summed E-state index contributed by atoms with van der Waals surface area (Å²) in [5.41, 5.74) is 2.75. The smallest absolute Gasteiger partial charge is 0.183 e. The van der Waals surface area contributed by atoms with Gasteiger partial charge in [0.25, 0.3) is 0 Å². The molecule has 0 spiro atoms. The van der Waals surface area contributed by atoms with Crippen LogP contribution in [0.3, 0.4) is 0 Å². The number of thiazole rings is 1.